The number of pyridine rings is 1. The van der Waals surface area contributed by atoms with Gasteiger partial charge in [0.25, 0.3) is 0 Å². The average molecular weight is 332 g/mol. The second-order valence-corrected chi connectivity index (χ2v) is 7.29. The minimum atomic E-state index is 0.178. The highest BCUT2D eigenvalue weighted by atomic mass is 16.1. The number of fused-ring (bicyclic) bond motifs is 2. The Morgan fingerprint density at radius 1 is 1.08 bits per heavy atom. The summed E-state index contributed by atoms with van der Waals surface area (Å²) in [5.74, 6) is 0. The molecule has 1 aromatic heterocycles. The van der Waals surface area contributed by atoms with Crippen LogP contribution < -0.4 is 5.43 Å². The summed E-state index contributed by atoms with van der Waals surface area (Å²) in [4.78, 5) is 19.0. The molecule has 0 unspecified atom stereocenters. The molecule has 0 atom stereocenters. The van der Waals surface area contributed by atoms with E-state index < -0.39 is 0 Å². The lowest BCUT2D eigenvalue weighted by Crippen LogP contribution is -2.32. The summed E-state index contributed by atoms with van der Waals surface area (Å²) in [5.41, 5.74) is 8.13. The molecule has 3 aromatic rings. The van der Waals surface area contributed by atoms with Crippen molar-refractivity contribution in [3.8, 4) is 0 Å². The van der Waals surface area contributed by atoms with Crippen molar-refractivity contribution in [3.05, 3.63) is 80.1 Å². The first-order chi connectivity index (χ1) is 12.0. The maximum Gasteiger partial charge on any atom is 0.194 e. The van der Waals surface area contributed by atoms with Gasteiger partial charge in [0, 0.05) is 36.3 Å². The third kappa shape index (κ3) is 2.89. The van der Waals surface area contributed by atoms with Crippen molar-refractivity contribution in [3.63, 3.8) is 0 Å². The summed E-state index contributed by atoms with van der Waals surface area (Å²) in [6, 6.07) is 12.8. The van der Waals surface area contributed by atoms with Crippen molar-refractivity contribution in [2.45, 2.75) is 40.3 Å². The van der Waals surface area contributed by atoms with Crippen LogP contribution in [0.2, 0.25) is 0 Å². The first-order valence-corrected chi connectivity index (χ1v) is 8.95. The van der Waals surface area contributed by atoms with E-state index >= 15 is 0 Å². The van der Waals surface area contributed by atoms with Crippen LogP contribution in [0.3, 0.4) is 0 Å². The first kappa shape index (κ1) is 16.1. The fourth-order valence-electron chi connectivity index (χ4n) is 4.01. The standard InChI is InChI=1S/C22H24N2O/c1-14-10-15(2)21-19(11-14)22(25)20(16(3)23-21)13-24-9-8-17-6-4-5-7-18(17)12-24/h4-7,10-11H,8-9,12-13H2,1-3H3,(H,23,25). The van der Waals surface area contributed by atoms with Gasteiger partial charge in [-0.15, -0.1) is 0 Å². The normalized spacial score (nSPS) is 14.7. The third-order valence-electron chi connectivity index (χ3n) is 5.36. The summed E-state index contributed by atoms with van der Waals surface area (Å²) in [7, 11) is 0. The summed E-state index contributed by atoms with van der Waals surface area (Å²) in [6.07, 6.45) is 1.05. The summed E-state index contributed by atoms with van der Waals surface area (Å²) >= 11 is 0. The Balaban J connectivity index is 1.72. The zero-order valence-corrected chi connectivity index (χ0v) is 15.1. The van der Waals surface area contributed by atoms with Crippen molar-refractivity contribution in [2.75, 3.05) is 6.54 Å². The number of aromatic nitrogens is 1. The Hall–Kier alpha value is -2.39. The highest BCUT2D eigenvalue weighted by Crippen LogP contribution is 2.22. The van der Waals surface area contributed by atoms with Gasteiger partial charge in [0.15, 0.2) is 5.43 Å². The van der Waals surface area contributed by atoms with Crippen LogP contribution in [0.4, 0.5) is 0 Å². The van der Waals surface area contributed by atoms with E-state index in [1.807, 2.05) is 19.9 Å². The zero-order chi connectivity index (χ0) is 17.6. The summed E-state index contributed by atoms with van der Waals surface area (Å²) < 4.78 is 0. The molecule has 0 saturated heterocycles. The Kier molecular flexibility index (Phi) is 3.97. The Morgan fingerprint density at radius 2 is 1.84 bits per heavy atom. The fraction of sp³-hybridized carbons (Fsp3) is 0.318. The van der Waals surface area contributed by atoms with Gasteiger partial charge in [0.05, 0.1) is 5.52 Å². The van der Waals surface area contributed by atoms with Crippen LogP contribution in [-0.2, 0) is 19.5 Å². The van der Waals surface area contributed by atoms with E-state index in [4.69, 9.17) is 0 Å². The number of nitrogens with zero attached hydrogens (tertiary/aromatic N) is 1. The number of nitrogens with one attached hydrogen (secondary N) is 1. The predicted molar refractivity (Wildman–Crippen MR) is 103 cm³/mol. The van der Waals surface area contributed by atoms with Crippen molar-refractivity contribution in [1.82, 2.24) is 9.88 Å². The van der Waals surface area contributed by atoms with E-state index in [0.29, 0.717) is 6.54 Å². The number of H-pyrrole nitrogens is 1. The largest absolute Gasteiger partial charge is 0.358 e. The molecule has 1 aliphatic rings. The molecule has 3 nitrogen and oxygen atoms in total. The van der Waals surface area contributed by atoms with Crippen LogP contribution in [0.5, 0.6) is 0 Å². The molecule has 1 aliphatic heterocycles. The van der Waals surface area contributed by atoms with Gasteiger partial charge in [0.2, 0.25) is 0 Å². The maximum absolute atomic E-state index is 13.1. The number of benzene rings is 2. The molecular formula is C22H24N2O. The molecule has 0 aliphatic carbocycles. The van der Waals surface area contributed by atoms with Crippen LogP contribution in [0, 0.1) is 20.8 Å². The second kappa shape index (κ2) is 6.16. The summed E-state index contributed by atoms with van der Waals surface area (Å²) in [5, 5.41) is 0.815. The maximum atomic E-state index is 13.1. The van der Waals surface area contributed by atoms with Gasteiger partial charge in [-0.25, -0.2) is 0 Å². The van der Waals surface area contributed by atoms with Gasteiger partial charge in [-0.1, -0.05) is 30.3 Å². The highest BCUT2D eigenvalue weighted by molar-refractivity contribution is 5.83. The number of hydrogen-bond acceptors (Lipinski definition) is 2. The minimum absolute atomic E-state index is 0.178. The molecule has 0 fully saturated rings. The molecule has 0 bridgehead atoms. The molecule has 1 N–H and O–H groups in total. The van der Waals surface area contributed by atoms with Gasteiger partial charge in [0.1, 0.15) is 0 Å². The number of hydrogen-bond donors (Lipinski definition) is 1. The molecule has 3 heteroatoms. The van der Waals surface area contributed by atoms with Crippen molar-refractivity contribution >= 4 is 10.9 Å². The van der Waals surface area contributed by atoms with E-state index in [1.165, 1.54) is 11.1 Å². The van der Waals surface area contributed by atoms with Crippen LogP contribution in [-0.4, -0.2) is 16.4 Å². The van der Waals surface area contributed by atoms with Gasteiger partial charge in [-0.3, -0.25) is 9.69 Å². The van der Waals surface area contributed by atoms with E-state index in [0.717, 1.165) is 52.8 Å². The predicted octanol–water partition coefficient (Wildman–Crippen LogP) is 4.01. The smallest absolute Gasteiger partial charge is 0.194 e. The third-order valence-corrected chi connectivity index (χ3v) is 5.36. The van der Waals surface area contributed by atoms with Gasteiger partial charge < -0.3 is 4.98 Å². The van der Waals surface area contributed by atoms with Gasteiger partial charge in [-0.2, -0.15) is 0 Å². The zero-order valence-electron chi connectivity index (χ0n) is 15.1. The molecule has 0 spiro atoms. The summed E-state index contributed by atoms with van der Waals surface area (Å²) in [6.45, 7) is 8.76. The minimum Gasteiger partial charge on any atom is -0.358 e. The number of rotatable bonds is 2. The van der Waals surface area contributed by atoms with Crippen molar-refractivity contribution in [2.24, 2.45) is 0 Å². The molecule has 0 amide bonds. The lowest BCUT2D eigenvalue weighted by molar-refractivity contribution is 0.244. The van der Waals surface area contributed by atoms with Gasteiger partial charge >= 0.3 is 0 Å². The number of aromatic amines is 1. The van der Waals surface area contributed by atoms with Crippen LogP contribution in [0.1, 0.15) is 33.5 Å². The van der Waals surface area contributed by atoms with Crippen molar-refractivity contribution < 1.29 is 0 Å². The highest BCUT2D eigenvalue weighted by Gasteiger charge is 2.19. The lowest BCUT2D eigenvalue weighted by Gasteiger charge is -2.29. The molecule has 2 heterocycles. The Labute approximate surface area is 148 Å². The Morgan fingerprint density at radius 3 is 2.64 bits per heavy atom. The van der Waals surface area contributed by atoms with Crippen molar-refractivity contribution in [1.29, 1.82) is 0 Å². The first-order valence-electron chi connectivity index (χ1n) is 8.95. The fourth-order valence-corrected chi connectivity index (χ4v) is 4.01. The van der Waals surface area contributed by atoms with Gasteiger partial charge in [-0.05, 0) is 55.5 Å². The average Bonchev–Trinajstić information content (AvgIpc) is 2.60. The van der Waals surface area contributed by atoms with Crippen LogP contribution in [0.15, 0.2) is 41.2 Å². The topological polar surface area (TPSA) is 36.1 Å². The lowest BCUT2D eigenvalue weighted by atomic mass is 9.98. The molecule has 25 heavy (non-hydrogen) atoms. The van der Waals surface area contributed by atoms with E-state index in [2.05, 4.69) is 47.1 Å². The van der Waals surface area contributed by atoms with E-state index in [-0.39, 0.29) is 5.43 Å². The molecule has 4 rings (SSSR count). The van der Waals surface area contributed by atoms with Crippen LogP contribution in [0.25, 0.3) is 10.9 Å². The molecule has 128 valence electrons. The SMILES string of the molecule is Cc1cc(C)c2[nH]c(C)c(CN3CCc4ccccc4C3)c(=O)c2c1. The molecular weight excluding hydrogens is 308 g/mol. The Bertz CT molecular complexity index is 1020. The molecule has 2 aromatic carbocycles. The molecule has 0 radical (unpaired) electrons. The monoisotopic (exact) mass is 332 g/mol. The van der Waals surface area contributed by atoms with E-state index in [1.54, 1.807) is 0 Å². The van der Waals surface area contributed by atoms with E-state index in [9.17, 15) is 4.79 Å². The number of aryl methyl sites for hydroxylation is 3. The van der Waals surface area contributed by atoms with Crippen LogP contribution >= 0.6 is 0 Å². The molecule has 0 saturated carbocycles. The second-order valence-electron chi connectivity index (χ2n) is 7.29. The quantitative estimate of drug-likeness (QED) is 0.770.